The first-order valence-electron chi connectivity index (χ1n) is 39.1. The fourth-order valence-electron chi connectivity index (χ4n) is 13.5. The normalized spacial score (nSPS) is 12.3. The second-order valence-electron chi connectivity index (χ2n) is 29.7. The van der Waals surface area contributed by atoms with Gasteiger partial charge in [0.25, 0.3) is 5.91 Å². The number of phenols is 1. The maximum atomic E-state index is 13.4. The number of fused-ring (bicyclic) bond motifs is 5. The number of aromatic nitrogens is 11. The number of morpholine rings is 1. The monoisotopic (exact) mass is 1770 g/mol. The number of halogens is 4. The van der Waals surface area contributed by atoms with E-state index in [9.17, 15) is 64.9 Å². The molecule has 7 heterocycles. The van der Waals surface area contributed by atoms with Crippen molar-refractivity contribution >= 4 is 126 Å². The molecule has 0 bridgehead atoms. The van der Waals surface area contributed by atoms with Crippen molar-refractivity contribution in [2.24, 2.45) is 5.73 Å². The summed E-state index contributed by atoms with van der Waals surface area (Å²) in [5, 5.41) is 29.2. The second kappa shape index (κ2) is 38.3. The lowest BCUT2D eigenvalue weighted by Crippen LogP contribution is -2.37. The summed E-state index contributed by atoms with van der Waals surface area (Å²) in [7, 11) is 0.141. The van der Waals surface area contributed by atoms with Crippen LogP contribution in [0.4, 0.5) is 35.4 Å². The van der Waals surface area contributed by atoms with Gasteiger partial charge >= 0.3 is 25.5 Å². The van der Waals surface area contributed by atoms with Crippen LogP contribution in [0.1, 0.15) is 97.9 Å². The molecule has 6 aromatic heterocycles. The molecule has 1 saturated heterocycles. The van der Waals surface area contributed by atoms with Crippen molar-refractivity contribution in [3.63, 3.8) is 0 Å². The molecule has 0 spiro atoms. The number of primary amides is 1. The lowest BCUT2D eigenvalue weighted by molar-refractivity contribution is 0.0684. The number of benzene rings is 9. The Kier molecular flexibility index (Phi) is 27.9. The van der Waals surface area contributed by atoms with Gasteiger partial charge in [-0.1, -0.05) is 39.5 Å². The average Bonchev–Trinajstić information content (AvgIpc) is 1.67. The lowest BCUT2D eigenvalue weighted by atomic mass is 10.0. The first-order chi connectivity index (χ1) is 59.4. The minimum absolute atomic E-state index is 0.00912. The highest BCUT2D eigenvalue weighted by atomic mass is 32.2. The number of hydrogen-bond acceptors (Lipinski definition) is 20. The minimum Gasteiger partial charge on any atom is -0.507 e. The third kappa shape index (κ3) is 20.0. The number of sulfonamides is 1. The van der Waals surface area contributed by atoms with E-state index < -0.39 is 35.5 Å². The molecule has 0 aliphatic carbocycles. The molecule has 652 valence electrons. The molecule has 9 aromatic carbocycles. The van der Waals surface area contributed by atoms with E-state index in [-0.39, 0.29) is 73.6 Å². The van der Waals surface area contributed by atoms with Crippen molar-refractivity contribution in [3.05, 3.63) is 240 Å². The minimum atomic E-state index is -4.43. The summed E-state index contributed by atoms with van der Waals surface area (Å²) in [4.78, 5) is 86.8. The van der Waals surface area contributed by atoms with Crippen molar-refractivity contribution in [1.29, 1.82) is 0 Å². The molecule has 16 rings (SSSR count). The van der Waals surface area contributed by atoms with Crippen LogP contribution in [0.2, 0.25) is 0 Å². The molecule has 15 aromatic rings. The smallest absolute Gasteiger partial charge is 0.356 e. The molecule has 0 saturated carbocycles. The summed E-state index contributed by atoms with van der Waals surface area (Å²) in [6.45, 7) is 18.7. The average molecular weight is 1770 g/mol. The van der Waals surface area contributed by atoms with Gasteiger partial charge in [0.2, 0.25) is 27.9 Å². The number of methoxy groups -OCH3 is 2. The van der Waals surface area contributed by atoms with Gasteiger partial charge in [-0.3, -0.25) is 37.2 Å². The standard InChI is InChI=1S/C19H22FN2O3PS.C18H21FN4O2S.C18H18FN3O3.C18H19N5O3.C15H11FN2O3/c1-11(2)15-9-17-16(10-18(15)26(23,24)25)21-19(27-12(3)4)22(17)14-7-5-13(20)6-8-14;1-12(2)22(4)18-21-16-11-15(26(24,25)20-3)9-10-17(16)23(18)14-7-5-13(19)6-8-14;1-10(2)21(3)18-20-14-8-13(17(24)25)16(23)9-15(14)22(18)12-6-4-11(19)5-7-12;1-25-16-10-15-14(9-13(16)17(19)24)21-18(22-5-7-26-8-6-22)23(15)12-3-2-4-20-11-12;1-21-15-17-12-8-9(14(19)20)2-7-13(12)18(15)11-5-3-10(16)4-6-11/h5-12H,1-4H3,(H2,23,24,25);5-12,20H,1-4H3;4-10,23H,1-3H3,(H,24,25);2-4,9-11H,5-8H2,1H3,(H2,19,24);2-8H,1H3,(H,19,20). The highest BCUT2D eigenvalue weighted by Crippen LogP contribution is 2.42. The molecule has 1 amide bonds. The number of pyridine rings is 1. The SMILES string of the molecule is CC(C)N(C)c1nc2cc(C(=O)O)c(O)cc2n1-c1ccc(F)cc1.CC(C)Sc1nc2cc(P(=O)(O)O)c(C(C)C)cc2n1-c1ccc(F)cc1.CNS(=O)(=O)c1ccc2c(c1)nc(N(C)C(C)C)n2-c1ccc(F)cc1.COc1cc2c(cc1C(N)=O)nc(N1CCOCC1)n2-c1cccnc1.COc1nc2cc(C(=O)O)ccc2n1-c1ccc(F)cc1. The zero-order chi connectivity index (χ0) is 90.4. The number of nitrogens with two attached hydrogens (primary N) is 1. The van der Waals surface area contributed by atoms with Crippen molar-refractivity contribution in [1.82, 2.24) is 57.5 Å². The third-order valence-electron chi connectivity index (χ3n) is 20.2. The molecule has 1 aliphatic rings. The Balaban J connectivity index is 0.000000143. The number of hydrogen-bond donors (Lipinski definition) is 7. The lowest BCUT2D eigenvalue weighted by Gasteiger charge is -2.28. The van der Waals surface area contributed by atoms with Gasteiger partial charge in [0.05, 0.1) is 121 Å². The first kappa shape index (κ1) is 91.0. The summed E-state index contributed by atoms with van der Waals surface area (Å²) in [5.41, 5.74) is 16.2. The van der Waals surface area contributed by atoms with E-state index in [4.69, 9.17) is 30.0 Å². The van der Waals surface area contributed by atoms with Gasteiger partial charge in [-0.2, -0.15) is 4.98 Å². The van der Waals surface area contributed by atoms with Crippen molar-refractivity contribution in [3.8, 4) is 45.9 Å². The number of aromatic hydroxyl groups is 1. The van der Waals surface area contributed by atoms with E-state index in [1.165, 1.54) is 106 Å². The summed E-state index contributed by atoms with van der Waals surface area (Å²) < 4.78 is 117. The molecular weight excluding hydrogens is 1680 g/mol. The fourth-order valence-corrected chi connectivity index (χ4v) is 16.1. The van der Waals surface area contributed by atoms with Crippen LogP contribution in [0.15, 0.2) is 204 Å². The number of rotatable bonds is 21. The van der Waals surface area contributed by atoms with Crippen molar-refractivity contribution in [2.45, 2.75) is 88.7 Å². The van der Waals surface area contributed by atoms with Gasteiger partial charge in [-0.15, -0.1) is 0 Å². The highest BCUT2D eigenvalue weighted by Gasteiger charge is 2.30. The number of carbonyl (C=O) groups is 3. The Bertz CT molecular complexity index is 6640. The molecule has 37 heteroatoms. The number of amides is 1. The van der Waals surface area contributed by atoms with E-state index in [2.05, 4.69) is 34.5 Å². The zero-order valence-electron chi connectivity index (χ0n) is 70.1. The number of carbonyl (C=O) groups excluding carboxylic acids is 1. The summed E-state index contributed by atoms with van der Waals surface area (Å²) in [6, 6.07) is 47.3. The summed E-state index contributed by atoms with van der Waals surface area (Å²) >= 11 is 1.54. The fraction of sp³-hybridized carbons (Fsp3) is 0.239. The molecule has 8 N–H and O–H groups in total. The maximum Gasteiger partial charge on any atom is 0.356 e. The molecule has 125 heavy (non-hydrogen) atoms. The summed E-state index contributed by atoms with van der Waals surface area (Å²) in [6.07, 6.45) is 3.50. The van der Waals surface area contributed by atoms with Gasteiger partial charge in [0, 0.05) is 79.9 Å². The number of imidazole rings is 5. The third-order valence-corrected chi connectivity index (χ3v) is 23.6. The van der Waals surface area contributed by atoms with Crippen molar-refractivity contribution < 1.29 is 84.2 Å². The summed E-state index contributed by atoms with van der Waals surface area (Å²) in [5.74, 6) is -2.14. The van der Waals surface area contributed by atoms with E-state index in [1.54, 1.807) is 118 Å². The number of carboxylic acid groups (broad SMARTS) is 2. The van der Waals surface area contributed by atoms with Gasteiger partial charge in [-0.05, 0) is 216 Å². The van der Waals surface area contributed by atoms with Crippen LogP contribution in [0.25, 0.3) is 83.6 Å². The predicted octanol–water partition coefficient (Wildman–Crippen LogP) is 15.2. The Hall–Kier alpha value is -13.2. The number of thioether (sulfide) groups is 1. The van der Waals surface area contributed by atoms with E-state index in [0.29, 0.717) is 103 Å². The number of anilines is 3. The van der Waals surface area contributed by atoms with Gasteiger partial charge < -0.3 is 59.8 Å². The van der Waals surface area contributed by atoms with Crippen LogP contribution in [-0.4, -0.2) is 183 Å². The van der Waals surface area contributed by atoms with Crippen LogP contribution in [0.3, 0.4) is 0 Å². The Morgan fingerprint density at radius 3 is 1.51 bits per heavy atom. The van der Waals surface area contributed by atoms with Gasteiger partial charge in [0.15, 0.2) is 5.16 Å². The topological polar surface area (TPSA) is 381 Å². The Labute approximate surface area is 720 Å². The Morgan fingerprint density at radius 2 is 1.03 bits per heavy atom. The van der Waals surface area contributed by atoms with Crippen LogP contribution in [0, 0.1) is 23.3 Å². The Morgan fingerprint density at radius 1 is 0.552 bits per heavy atom. The van der Waals surface area contributed by atoms with Crippen LogP contribution >= 0.6 is 19.4 Å². The van der Waals surface area contributed by atoms with E-state index in [0.717, 1.165) is 52.7 Å². The number of aromatic carboxylic acids is 2. The largest absolute Gasteiger partial charge is 0.507 e. The molecule has 0 atom stereocenters. The van der Waals surface area contributed by atoms with E-state index >= 15 is 0 Å². The number of nitrogens with zero attached hydrogens (tertiary/aromatic N) is 14. The second-order valence-corrected chi connectivity index (χ2v) is 34.7. The van der Waals surface area contributed by atoms with E-state index in [1.807, 2.05) is 105 Å². The maximum absolute atomic E-state index is 13.4. The molecule has 0 unspecified atom stereocenters. The highest BCUT2D eigenvalue weighted by molar-refractivity contribution is 7.99. The van der Waals surface area contributed by atoms with Crippen LogP contribution in [-0.2, 0) is 19.3 Å². The number of carboxylic acids is 2. The molecular formula is C88H91F4N16O14PS2. The van der Waals surface area contributed by atoms with Gasteiger partial charge in [-0.25, -0.2) is 60.2 Å². The zero-order valence-corrected chi connectivity index (χ0v) is 72.7. The first-order valence-corrected chi connectivity index (χ1v) is 43.0. The van der Waals surface area contributed by atoms with Gasteiger partial charge in [0.1, 0.15) is 40.3 Å². The number of ether oxygens (including phenoxy) is 3. The predicted molar refractivity (Wildman–Crippen MR) is 473 cm³/mol. The van der Waals surface area contributed by atoms with Crippen LogP contribution in [0.5, 0.6) is 17.5 Å². The molecule has 1 fully saturated rings. The molecule has 30 nitrogen and oxygen atoms in total. The van der Waals surface area contributed by atoms with Crippen molar-refractivity contribution in [2.75, 3.05) is 76.4 Å². The molecule has 0 radical (unpaired) electrons. The molecule has 1 aliphatic heterocycles. The number of nitrogens with one attached hydrogen (secondary N) is 1. The van der Waals surface area contributed by atoms with Crippen LogP contribution < -0.4 is 39.9 Å². The quantitative estimate of drug-likeness (QED) is 0.0200.